The minimum Gasteiger partial charge on any atom is -0.489 e. The Labute approximate surface area is 174 Å². The Morgan fingerprint density at radius 3 is 2.79 bits per heavy atom. The topological polar surface area (TPSA) is 83.1 Å². The van der Waals surface area contributed by atoms with Crippen LogP contribution < -0.4 is 15.0 Å². The molecule has 0 fully saturated rings. The Morgan fingerprint density at radius 2 is 2.00 bits per heavy atom. The molecule has 3 aromatic rings. The van der Waals surface area contributed by atoms with Gasteiger partial charge in [-0.2, -0.15) is 0 Å². The van der Waals surface area contributed by atoms with Crippen LogP contribution in [0.1, 0.15) is 28.9 Å². The molecule has 0 bridgehead atoms. The Bertz CT molecular complexity index is 1020. The average Bonchev–Trinajstić information content (AvgIpc) is 3.16. The van der Waals surface area contributed by atoms with Crippen LogP contribution in [-0.2, 0) is 6.42 Å². The van der Waals surface area contributed by atoms with Crippen LogP contribution >= 0.6 is 12.2 Å². The van der Waals surface area contributed by atoms with Crippen molar-refractivity contribution in [2.45, 2.75) is 19.4 Å². The fourth-order valence-electron chi connectivity index (χ4n) is 3.27. The summed E-state index contributed by atoms with van der Waals surface area (Å²) in [5, 5.41) is 9.80. The summed E-state index contributed by atoms with van der Waals surface area (Å²) in [6, 6.07) is 17.1. The molecule has 2 heterocycles. The number of nitrogens with one attached hydrogen (secondary N) is 2. The third-order valence-electron chi connectivity index (χ3n) is 4.70. The number of ether oxygens (including phenoxy) is 1. The number of thiocarbonyl (C=S) groups is 1. The van der Waals surface area contributed by atoms with Gasteiger partial charge in [-0.05, 0) is 24.6 Å². The van der Waals surface area contributed by atoms with E-state index in [0.717, 1.165) is 17.0 Å². The van der Waals surface area contributed by atoms with Crippen LogP contribution in [0.5, 0.6) is 5.75 Å². The van der Waals surface area contributed by atoms with Gasteiger partial charge >= 0.3 is 0 Å². The highest BCUT2D eigenvalue weighted by atomic mass is 32.1. The van der Waals surface area contributed by atoms with E-state index in [-0.39, 0.29) is 12.4 Å². The first-order valence-corrected chi connectivity index (χ1v) is 9.86. The highest BCUT2D eigenvalue weighted by Gasteiger charge is 2.29. The number of aromatic nitrogens is 3. The summed E-state index contributed by atoms with van der Waals surface area (Å²) < 4.78 is 5.89. The van der Waals surface area contributed by atoms with Crippen molar-refractivity contribution in [3.8, 4) is 5.75 Å². The van der Waals surface area contributed by atoms with Gasteiger partial charge in [0.05, 0.1) is 5.69 Å². The van der Waals surface area contributed by atoms with E-state index in [4.69, 9.17) is 17.0 Å². The van der Waals surface area contributed by atoms with Gasteiger partial charge in [-0.1, -0.05) is 54.7 Å². The zero-order valence-corrected chi connectivity index (χ0v) is 16.8. The van der Waals surface area contributed by atoms with Crippen molar-refractivity contribution >= 4 is 28.8 Å². The fraction of sp³-hybridized carbons (Fsp3) is 0.238. The predicted molar refractivity (Wildman–Crippen MR) is 114 cm³/mol. The lowest BCUT2D eigenvalue weighted by molar-refractivity contribution is 0.0927. The average molecular weight is 407 g/mol. The Balaban J connectivity index is 1.46. The molecule has 1 aromatic heterocycles. The zero-order chi connectivity index (χ0) is 20.2. The van der Waals surface area contributed by atoms with Crippen molar-refractivity contribution in [1.29, 1.82) is 0 Å². The number of nitrogens with zero attached hydrogens (tertiary/aromatic N) is 3. The van der Waals surface area contributed by atoms with Crippen LogP contribution in [0.2, 0.25) is 0 Å². The third kappa shape index (κ3) is 4.12. The number of rotatable bonds is 5. The predicted octanol–water partition coefficient (Wildman–Crippen LogP) is 2.74. The van der Waals surface area contributed by atoms with Crippen molar-refractivity contribution in [2.24, 2.45) is 0 Å². The lowest BCUT2D eigenvalue weighted by atomic mass is 10.1. The molecule has 0 spiro atoms. The number of amides is 1. The molecule has 148 valence electrons. The Hall–Kier alpha value is -3.26. The van der Waals surface area contributed by atoms with E-state index in [0.29, 0.717) is 23.8 Å². The molecule has 2 N–H and O–H groups in total. The lowest BCUT2D eigenvalue weighted by Gasteiger charge is -2.26. The quantitative estimate of drug-likeness (QED) is 0.633. The number of aromatic amines is 1. The van der Waals surface area contributed by atoms with E-state index < -0.39 is 11.9 Å². The highest BCUT2D eigenvalue weighted by Crippen LogP contribution is 2.31. The summed E-state index contributed by atoms with van der Waals surface area (Å²) in [5.41, 5.74) is 1.99. The fourth-order valence-corrected chi connectivity index (χ4v) is 3.63. The molecule has 0 saturated heterocycles. The van der Waals surface area contributed by atoms with Gasteiger partial charge in [-0.15, -0.1) is 5.10 Å². The first-order valence-electron chi connectivity index (χ1n) is 9.45. The van der Waals surface area contributed by atoms with Crippen molar-refractivity contribution in [3.63, 3.8) is 0 Å². The van der Waals surface area contributed by atoms with E-state index in [1.165, 1.54) is 0 Å². The Morgan fingerprint density at radius 1 is 1.24 bits per heavy atom. The van der Waals surface area contributed by atoms with E-state index in [1.54, 1.807) is 0 Å². The summed E-state index contributed by atoms with van der Waals surface area (Å²) >= 11 is 5.65. The number of para-hydroxylation sites is 2. The molecule has 1 aliphatic rings. The van der Waals surface area contributed by atoms with Gasteiger partial charge in [-0.3, -0.25) is 9.89 Å². The molecule has 1 aliphatic heterocycles. The second kappa shape index (κ2) is 8.40. The smallest absolute Gasteiger partial charge is 0.291 e. The Kier molecular flexibility index (Phi) is 5.53. The number of hydrogen-bond donors (Lipinski definition) is 2. The maximum absolute atomic E-state index is 12.7. The maximum Gasteiger partial charge on any atom is 0.291 e. The summed E-state index contributed by atoms with van der Waals surface area (Å²) in [7, 11) is 0. The zero-order valence-electron chi connectivity index (χ0n) is 16.0. The molecule has 0 aliphatic carbocycles. The molecule has 4 rings (SSSR count). The van der Waals surface area contributed by atoms with Crippen molar-refractivity contribution in [1.82, 2.24) is 20.5 Å². The van der Waals surface area contributed by atoms with E-state index >= 15 is 0 Å². The van der Waals surface area contributed by atoms with Gasteiger partial charge in [0.1, 0.15) is 29.2 Å². The molecule has 0 radical (unpaired) electrons. The molecule has 1 atom stereocenters. The molecule has 8 heteroatoms. The first-order chi connectivity index (χ1) is 14.2. The van der Waals surface area contributed by atoms with E-state index in [1.807, 2.05) is 66.4 Å². The summed E-state index contributed by atoms with van der Waals surface area (Å²) in [5.74, 6) is 1.07. The molecule has 7 nitrogen and oxygen atoms in total. The highest BCUT2D eigenvalue weighted by molar-refractivity contribution is 7.80. The van der Waals surface area contributed by atoms with Crippen LogP contribution in [0.15, 0.2) is 54.6 Å². The number of likely N-dealkylation sites (N-methyl/N-ethyl adjacent to an activating group) is 1. The normalized spacial score (nSPS) is 16.0. The number of hydrogen-bond acceptors (Lipinski definition) is 5. The summed E-state index contributed by atoms with van der Waals surface area (Å²) in [4.78, 5) is 19.6. The molecule has 0 unspecified atom stereocenters. The minimum absolute atomic E-state index is 0.0866. The number of carbonyl (C=O) groups is 1. The minimum atomic E-state index is -0.457. The number of fused-ring (bicyclic) bond motifs is 1. The van der Waals surface area contributed by atoms with Gasteiger partial charge in [0.25, 0.3) is 5.91 Å². The van der Waals surface area contributed by atoms with Crippen LogP contribution in [-0.4, -0.2) is 45.3 Å². The van der Waals surface area contributed by atoms with Gasteiger partial charge in [0.15, 0.2) is 0 Å². The SMILES string of the molecule is CCN1C(=S)[C@@H](NC(=O)c2n[nH]c(Cc3ccccc3)n2)COc2ccccc21. The summed E-state index contributed by atoms with van der Waals surface area (Å²) in [6.45, 7) is 2.94. The van der Waals surface area contributed by atoms with Gasteiger partial charge in [-0.25, -0.2) is 4.98 Å². The molecule has 0 saturated carbocycles. The lowest BCUT2D eigenvalue weighted by Crippen LogP contribution is -2.49. The second-order valence-corrected chi connectivity index (χ2v) is 7.07. The van der Waals surface area contributed by atoms with Crippen LogP contribution in [0.4, 0.5) is 5.69 Å². The monoisotopic (exact) mass is 407 g/mol. The molecule has 29 heavy (non-hydrogen) atoms. The number of anilines is 1. The van der Waals surface area contributed by atoms with Crippen molar-refractivity contribution < 1.29 is 9.53 Å². The number of benzene rings is 2. The van der Waals surface area contributed by atoms with E-state index in [2.05, 4.69) is 20.5 Å². The first kappa shape index (κ1) is 19.1. The molecule has 1 amide bonds. The summed E-state index contributed by atoms with van der Waals surface area (Å²) in [6.07, 6.45) is 0.574. The van der Waals surface area contributed by atoms with Crippen LogP contribution in [0.25, 0.3) is 0 Å². The third-order valence-corrected chi connectivity index (χ3v) is 5.20. The van der Waals surface area contributed by atoms with Gasteiger partial charge < -0.3 is 15.0 Å². The van der Waals surface area contributed by atoms with E-state index in [9.17, 15) is 4.79 Å². The van der Waals surface area contributed by atoms with Crippen LogP contribution in [0.3, 0.4) is 0 Å². The molecule has 2 aromatic carbocycles. The maximum atomic E-state index is 12.7. The van der Waals surface area contributed by atoms with Gasteiger partial charge in [0, 0.05) is 13.0 Å². The van der Waals surface area contributed by atoms with Gasteiger partial charge in [0.2, 0.25) is 5.82 Å². The second-order valence-electron chi connectivity index (χ2n) is 6.66. The largest absolute Gasteiger partial charge is 0.489 e. The number of H-pyrrole nitrogens is 1. The standard InChI is InChI=1S/C21H21N5O2S/c1-2-26-16-10-6-7-11-17(16)28-13-15(21(26)29)22-20(27)19-23-18(24-25-19)12-14-8-4-3-5-9-14/h3-11,15H,2,12-13H2,1H3,(H,22,27)(H,23,24,25)/t15-/m0/s1. The molecular formula is C21H21N5O2S. The van der Waals surface area contributed by atoms with Crippen molar-refractivity contribution in [2.75, 3.05) is 18.1 Å². The van der Waals surface area contributed by atoms with Crippen LogP contribution in [0, 0.1) is 0 Å². The van der Waals surface area contributed by atoms with Crippen molar-refractivity contribution in [3.05, 3.63) is 71.8 Å². The number of carbonyl (C=O) groups excluding carboxylic acids is 1. The molecular weight excluding hydrogens is 386 g/mol.